The fourth-order valence-corrected chi connectivity index (χ4v) is 3.50. The van der Waals surface area contributed by atoms with Crippen molar-refractivity contribution in [2.45, 2.75) is 26.7 Å². The van der Waals surface area contributed by atoms with Gasteiger partial charge in [-0.15, -0.1) is 0 Å². The summed E-state index contributed by atoms with van der Waals surface area (Å²) in [5.74, 6) is 0.173. The molecule has 0 spiro atoms. The molecule has 0 unspecified atom stereocenters. The van der Waals surface area contributed by atoms with Gasteiger partial charge in [-0.2, -0.15) is 0 Å². The molecule has 0 aromatic carbocycles. The van der Waals surface area contributed by atoms with Gasteiger partial charge in [0, 0.05) is 26.2 Å². The van der Waals surface area contributed by atoms with Crippen LogP contribution < -0.4 is 0 Å². The molecule has 0 radical (unpaired) electrons. The zero-order valence-electron chi connectivity index (χ0n) is 11.1. The lowest BCUT2D eigenvalue weighted by Crippen LogP contribution is -2.38. The van der Waals surface area contributed by atoms with E-state index in [1.54, 1.807) is 11.8 Å². The smallest absolute Gasteiger partial charge is 0.409 e. The molecular weight excluding hydrogens is 256 g/mol. The molecule has 1 rings (SSSR count). The van der Waals surface area contributed by atoms with E-state index in [9.17, 15) is 13.2 Å². The lowest BCUT2D eigenvalue weighted by molar-refractivity contribution is 0.109. The minimum absolute atomic E-state index is 0.173. The molecule has 6 nitrogen and oxygen atoms in total. The predicted molar refractivity (Wildman–Crippen MR) is 68.9 cm³/mol. The second kappa shape index (κ2) is 6.94. The summed E-state index contributed by atoms with van der Waals surface area (Å²) in [4.78, 5) is 13.1. The highest BCUT2D eigenvalue weighted by Gasteiger charge is 2.26. The summed E-state index contributed by atoms with van der Waals surface area (Å²) < 4.78 is 30.3. The van der Waals surface area contributed by atoms with Crippen LogP contribution in [0.2, 0.25) is 0 Å². The first-order valence-electron chi connectivity index (χ1n) is 6.40. The van der Waals surface area contributed by atoms with Crippen LogP contribution in [0.3, 0.4) is 0 Å². The highest BCUT2D eigenvalue weighted by Crippen LogP contribution is 2.10. The molecule has 7 heteroatoms. The Morgan fingerprint density at radius 2 is 1.89 bits per heavy atom. The van der Waals surface area contributed by atoms with Gasteiger partial charge in [-0.1, -0.05) is 6.92 Å². The topological polar surface area (TPSA) is 66.9 Å². The summed E-state index contributed by atoms with van der Waals surface area (Å²) in [6.07, 6.45) is 0.912. The molecular formula is C11H22N2O4S. The molecule has 1 aliphatic heterocycles. The summed E-state index contributed by atoms with van der Waals surface area (Å²) >= 11 is 0. The van der Waals surface area contributed by atoms with Crippen molar-refractivity contribution < 1.29 is 17.9 Å². The van der Waals surface area contributed by atoms with Gasteiger partial charge >= 0.3 is 6.09 Å². The minimum atomic E-state index is -3.16. The molecule has 1 saturated heterocycles. The Hall–Kier alpha value is -0.820. The number of ether oxygens (including phenoxy) is 1. The highest BCUT2D eigenvalue weighted by atomic mass is 32.2. The normalized spacial score (nSPS) is 18.4. The quantitative estimate of drug-likeness (QED) is 0.766. The molecule has 0 atom stereocenters. The number of hydrogen-bond donors (Lipinski definition) is 0. The van der Waals surface area contributed by atoms with Gasteiger partial charge in [0.2, 0.25) is 10.0 Å². The van der Waals surface area contributed by atoms with E-state index in [1.807, 2.05) is 6.92 Å². The van der Waals surface area contributed by atoms with Crippen molar-refractivity contribution in [3.63, 3.8) is 0 Å². The van der Waals surface area contributed by atoms with Gasteiger partial charge in [0.1, 0.15) is 0 Å². The summed E-state index contributed by atoms with van der Waals surface area (Å²) in [5, 5.41) is 0. The molecule has 1 heterocycles. The van der Waals surface area contributed by atoms with Gasteiger partial charge < -0.3 is 9.64 Å². The van der Waals surface area contributed by atoms with Gasteiger partial charge in [0.05, 0.1) is 12.4 Å². The molecule has 18 heavy (non-hydrogen) atoms. The van der Waals surface area contributed by atoms with Crippen LogP contribution >= 0.6 is 0 Å². The molecule has 0 saturated carbocycles. The highest BCUT2D eigenvalue weighted by molar-refractivity contribution is 7.89. The van der Waals surface area contributed by atoms with Crippen molar-refractivity contribution in [3.8, 4) is 0 Å². The first kappa shape index (κ1) is 15.2. The second-order valence-electron chi connectivity index (χ2n) is 4.25. The second-order valence-corrected chi connectivity index (χ2v) is 6.34. The fourth-order valence-electron chi connectivity index (χ4n) is 1.96. The van der Waals surface area contributed by atoms with E-state index < -0.39 is 10.0 Å². The molecule has 1 amide bonds. The third-order valence-corrected chi connectivity index (χ3v) is 4.91. The Balaban J connectivity index is 2.58. The number of rotatable bonds is 4. The third kappa shape index (κ3) is 4.13. The Labute approximate surface area is 109 Å². The van der Waals surface area contributed by atoms with Crippen LogP contribution in [0.25, 0.3) is 0 Å². The van der Waals surface area contributed by atoms with Crippen LogP contribution in [0.4, 0.5) is 4.79 Å². The van der Waals surface area contributed by atoms with Gasteiger partial charge in [-0.25, -0.2) is 17.5 Å². The average Bonchev–Trinajstić information content (AvgIpc) is 2.55. The van der Waals surface area contributed by atoms with Gasteiger partial charge in [0.15, 0.2) is 0 Å². The Morgan fingerprint density at radius 3 is 2.50 bits per heavy atom. The fraction of sp³-hybridized carbons (Fsp3) is 0.909. The van der Waals surface area contributed by atoms with Crippen LogP contribution in [0, 0.1) is 0 Å². The summed E-state index contributed by atoms with van der Waals surface area (Å²) in [6.45, 7) is 5.75. The summed E-state index contributed by atoms with van der Waals surface area (Å²) in [7, 11) is -3.16. The zero-order chi connectivity index (χ0) is 13.6. The third-order valence-electron chi connectivity index (χ3n) is 2.84. The van der Waals surface area contributed by atoms with Gasteiger partial charge in [-0.3, -0.25) is 0 Å². The molecule has 1 aliphatic rings. The standard InChI is InChI=1S/C11H22N2O4S/c1-3-10-18(15,16)13-7-5-6-12(8-9-13)11(14)17-4-2/h3-10H2,1-2H3. The van der Waals surface area contributed by atoms with E-state index in [-0.39, 0.29) is 11.8 Å². The van der Waals surface area contributed by atoms with Crippen LogP contribution in [-0.2, 0) is 14.8 Å². The van der Waals surface area contributed by atoms with Crippen molar-refractivity contribution in [3.05, 3.63) is 0 Å². The first-order valence-corrected chi connectivity index (χ1v) is 8.01. The van der Waals surface area contributed by atoms with Gasteiger partial charge in [0.25, 0.3) is 0 Å². The number of nitrogens with zero attached hydrogens (tertiary/aromatic N) is 2. The minimum Gasteiger partial charge on any atom is -0.450 e. The number of amides is 1. The lowest BCUT2D eigenvalue weighted by atomic mass is 10.4. The van der Waals surface area contributed by atoms with Crippen LogP contribution in [0.5, 0.6) is 0 Å². The van der Waals surface area contributed by atoms with Crippen LogP contribution in [-0.4, -0.2) is 62.3 Å². The van der Waals surface area contributed by atoms with E-state index in [2.05, 4.69) is 0 Å². The summed E-state index contributed by atoms with van der Waals surface area (Å²) in [5.41, 5.74) is 0. The van der Waals surface area contributed by atoms with E-state index in [0.717, 1.165) is 0 Å². The molecule has 0 N–H and O–H groups in total. The molecule has 106 valence electrons. The summed E-state index contributed by atoms with van der Waals surface area (Å²) in [6, 6.07) is 0. The molecule has 0 bridgehead atoms. The van der Waals surface area contributed by atoms with E-state index >= 15 is 0 Å². The van der Waals surface area contributed by atoms with Crippen molar-refractivity contribution in [1.29, 1.82) is 0 Å². The van der Waals surface area contributed by atoms with Crippen molar-refractivity contribution in [2.24, 2.45) is 0 Å². The monoisotopic (exact) mass is 278 g/mol. The average molecular weight is 278 g/mol. The lowest BCUT2D eigenvalue weighted by Gasteiger charge is -2.21. The first-order chi connectivity index (χ1) is 8.51. The molecule has 0 aliphatic carbocycles. The SMILES string of the molecule is CCCS(=O)(=O)N1CCCN(C(=O)OCC)CC1. The van der Waals surface area contributed by atoms with Crippen molar-refractivity contribution >= 4 is 16.1 Å². The maximum Gasteiger partial charge on any atom is 0.409 e. The van der Waals surface area contributed by atoms with Crippen molar-refractivity contribution in [1.82, 2.24) is 9.21 Å². The maximum atomic E-state index is 11.9. The zero-order valence-corrected chi connectivity index (χ0v) is 11.9. The Bertz CT molecular complexity index is 369. The number of carbonyl (C=O) groups excluding carboxylic acids is 1. The number of hydrogen-bond acceptors (Lipinski definition) is 4. The molecule has 1 fully saturated rings. The largest absolute Gasteiger partial charge is 0.450 e. The van der Waals surface area contributed by atoms with Gasteiger partial charge in [-0.05, 0) is 19.8 Å². The van der Waals surface area contributed by atoms with E-state index in [1.165, 1.54) is 4.31 Å². The van der Waals surface area contributed by atoms with E-state index in [4.69, 9.17) is 4.74 Å². The van der Waals surface area contributed by atoms with Crippen LogP contribution in [0.1, 0.15) is 26.7 Å². The molecule has 0 aromatic rings. The number of carbonyl (C=O) groups is 1. The predicted octanol–water partition coefficient (Wildman–Crippen LogP) is 0.890. The Kier molecular flexibility index (Phi) is 5.87. The van der Waals surface area contributed by atoms with E-state index in [0.29, 0.717) is 45.6 Å². The number of sulfonamides is 1. The maximum absolute atomic E-state index is 11.9. The van der Waals surface area contributed by atoms with Crippen molar-refractivity contribution in [2.75, 3.05) is 38.5 Å². The Morgan fingerprint density at radius 1 is 1.17 bits per heavy atom. The molecule has 0 aromatic heterocycles. The van der Waals surface area contributed by atoms with Crippen LogP contribution in [0.15, 0.2) is 0 Å².